The first-order valence-electron chi connectivity index (χ1n) is 22.4. The molecule has 0 aliphatic heterocycles. The summed E-state index contributed by atoms with van der Waals surface area (Å²) in [5.41, 5.74) is 22.5. The molecule has 10 aromatic carbocycles. The van der Waals surface area contributed by atoms with Crippen molar-refractivity contribution in [3.63, 3.8) is 0 Å². The molecule has 0 atom stereocenters. The van der Waals surface area contributed by atoms with E-state index in [1.54, 1.807) is 0 Å². The van der Waals surface area contributed by atoms with Crippen LogP contribution in [0.2, 0.25) is 0 Å². The van der Waals surface area contributed by atoms with E-state index in [0.717, 1.165) is 50.1 Å². The molecule has 0 saturated heterocycles. The zero-order chi connectivity index (χ0) is 42.3. The first-order valence-corrected chi connectivity index (χ1v) is 22.4. The Morgan fingerprint density at radius 2 is 0.875 bits per heavy atom. The highest BCUT2D eigenvalue weighted by atomic mass is 16.3. The highest BCUT2D eigenvalue weighted by molar-refractivity contribution is 6.20. The van der Waals surface area contributed by atoms with E-state index < -0.39 is 5.41 Å². The Balaban J connectivity index is 1.10. The quantitative estimate of drug-likeness (QED) is 0.176. The summed E-state index contributed by atoms with van der Waals surface area (Å²) in [6.45, 7) is 4.75. The van der Waals surface area contributed by atoms with Gasteiger partial charge in [-0.1, -0.05) is 184 Å². The highest BCUT2D eigenvalue weighted by Gasteiger charge is 2.51. The number of benzene rings is 10. The average Bonchev–Trinajstić information content (AvgIpc) is 4.03. The van der Waals surface area contributed by atoms with Crippen molar-refractivity contribution in [3.8, 4) is 44.5 Å². The zero-order valence-electron chi connectivity index (χ0n) is 35.6. The molecule has 0 saturated carbocycles. The smallest absolute Gasteiger partial charge is 0.136 e. The van der Waals surface area contributed by atoms with Gasteiger partial charge in [-0.25, -0.2) is 0 Å². The molecule has 0 bridgehead atoms. The number of anilines is 3. The molecule has 3 aliphatic carbocycles. The second-order valence-electron chi connectivity index (χ2n) is 18.3. The van der Waals surface area contributed by atoms with Gasteiger partial charge in [0.1, 0.15) is 11.2 Å². The van der Waals surface area contributed by atoms with Crippen LogP contribution in [0.5, 0.6) is 0 Å². The zero-order valence-corrected chi connectivity index (χ0v) is 35.6. The van der Waals surface area contributed by atoms with Crippen LogP contribution in [0, 0.1) is 0 Å². The van der Waals surface area contributed by atoms with Gasteiger partial charge in [-0.3, -0.25) is 0 Å². The van der Waals surface area contributed by atoms with E-state index in [0.29, 0.717) is 0 Å². The number of hydrogen-bond donors (Lipinski definition) is 0. The fourth-order valence-corrected chi connectivity index (χ4v) is 12.1. The molecule has 2 heteroatoms. The predicted octanol–water partition coefficient (Wildman–Crippen LogP) is 16.5. The maximum Gasteiger partial charge on any atom is 0.136 e. The fraction of sp³-hybridized carbons (Fsp3) is 0.0645. The van der Waals surface area contributed by atoms with E-state index in [1.807, 2.05) is 0 Å². The van der Waals surface area contributed by atoms with Crippen LogP contribution >= 0.6 is 0 Å². The summed E-state index contributed by atoms with van der Waals surface area (Å²) in [5, 5.41) is 4.63. The molecule has 1 heterocycles. The van der Waals surface area contributed by atoms with Gasteiger partial charge >= 0.3 is 0 Å². The molecule has 1 aromatic heterocycles. The molecule has 0 N–H and O–H groups in total. The van der Waals surface area contributed by atoms with Gasteiger partial charge in [-0.2, -0.15) is 0 Å². The minimum atomic E-state index is -0.478. The number of fused-ring (bicyclic) bond motifs is 18. The molecule has 14 rings (SSSR count). The van der Waals surface area contributed by atoms with Gasteiger partial charge in [-0.15, -0.1) is 0 Å². The largest absolute Gasteiger partial charge is 0.456 e. The molecule has 0 radical (unpaired) electrons. The summed E-state index contributed by atoms with van der Waals surface area (Å²) in [5.74, 6) is 0. The molecular formula is C62H41NO. The van der Waals surface area contributed by atoms with Crippen LogP contribution in [0.3, 0.4) is 0 Å². The van der Waals surface area contributed by atoms with Crippen molar-refractivity contribution in [2.75, 3.05) is 4.90 Å². The molecule has 2 nitrogen and oxygen atoms in total. The van der Waals surface area contributed by atoms with Crippen LogP contribution < -0.4 is 4.90 Å². The second-order valence-corrected chi connectivity index (χ2v) is 18.3. The van der Waals surface area contributed by atoms with E-state index in [2.05, 4.69) is 231 Å². The molecule has 64 heavy (non-hydrogen) atoms. The van der Waals surface area contributed by atoms with Crippen molar-refractivity contribution < 1.29 is 4.42 Å². The SMILES string of the molecule is CC1(C)c2ccccc2-c2ccc(N(c3ccc4c(c3)C3(c5ccccc5-c5ccccc53)c3ccccc3-4)c3cc4c(cc3-c3ccccc3)oc3ccc5ccccc5c34)cc21. The minimum Gasteiger partial charge on any atom is -0.456 e. The molecule has 0 amide bonds. The third kappa shape index (κ3) is 4.59. The van der Waals surface area contributed by atoms with Crippen molar-refractivity contribution in [2.24, 2.45) is 0 Å². The summed E-state index contributed by atoms with van der Waals surface area (Å²) >= 11 is 0. The standard InChI is InChI=1S/C62H41NO/c1-61(2)51-24-12-8-20-43(51)47-31-29-40(34-55(47)61)63(57-36-50-59(37-49(57)38-16-4-3-5-17-38)64-58-33-28-39-18-6-7-19-42(39)60(50)58)41-30-32-48-46-23-11-15-27-54(46)62(56(48)35-41)52-25-13-9-21-44(52)45-22-10-14-26-53(45)62/h3-37H,1-2H3. The van der Waals surface area contributed by atoms with Gasteiger partial charge in [0, 0.05) is 33.1 Å². The lowest BCUT2D eigenvalue weighted by Gasteiger charge is -2.33. The summed E-state index contributed by atoms with van der Waals surface area (Å²) < 4.78 is 6.80. The van der Waals surface area contributed by atoms with Gasteiger partial charge in [0.25, 0.3) is 0 Å². The molecule has 3 aliphatic rings. The van der Waals surface area contributed by atoms with E-state index in [9.17, 15) is 0 Å². The van der Waals surface area contributed by atoms with Crippen molar-refractivity contribution in [3.05, 3.63) is 246 Å². The van der Waals surface area contributed by atoms with Crippen LogP contribution in [0.4, 0.5) is 17.1 Å². The lowest BCUT2D eigenvalue weighted by Crippen LogP contribution is -2.26. The molecule has 300 valence electrons. The maximum absolute atomic E-state index is 6.80. The lowest BCUT2D eigenvalue weighted by atomic mass is 9.70. The number of furan rings is 1. The number of nitrogens with zero attached hydrogens (tertiary/aromatic N) is 1. The Kier molecular flexibility index (Phi) is 7.13. The summed E-state index contributed by atoms with van der Waals surface area (Å²) in [6.07, 6.45) is 0. The third-order valence-electron chi connectivity index (χ3n) is 14.9. The second kappa shape index (κ2) is 12.8. The van der Waals surface area contributed by atoms with Gasteiger partial charge in [-0.05, 0) is 126 Å². The summed E-state index contributed by atoms with van der Waals surface area (Å²) in [7, 11) is 0. The Morgan fingerprint density at radius 1 is 0.359 bits per heavy atom. The Hall–Kier alpha value is -7.94. The van der Waals surface area contributed by atoms with Crippen molar-refractivity contribution in [2.45, 2.75) is 24.7 Å². The topological polar surface area (TPSA) is 16.4 Å². The fourth-order valence-electron chi connectivity index (χ4n) is 12.1. The molecule has 11 aromatic rings. The summed E-state index contributed by atoms with van der Waals surface area (Å²) in [4.78, 5) is 2.54. The number of rotatable bonds is 4. The predicted molar refractivity (Wildman–Crippen MR) is 265 cm³/mol. The van der Waals surface area contributed by atoms with Gasteiger partial charge in [0.15, 0.2) is 0 Å². The van der Waals surface area contributed by atoms with Crippen LogP contribution in [0.25, 0.3) is 77.2 Å². The molecular weight excluding hydrogens is 775 g/mol. The lowest BCUT2D eigenvalue weighted by molar-refractivity contribution is 0.660. The normalized spacial score (nSPS) is 14.3. The molecule has 0 fully saturated rings. The highest BCUT2D eigenvalue weighted by Crippen LogP contribution is 2.63. The van der Waals surface area contributed by atoms with E-state index in [4.69, 9.17) is 4.42 Å². The first kappa shape index (κ1) is 35.6. The monoisotopic (exact) mass is 815 g/mol. The molecule has 1 spiro atoms. The summed E-state index contributed by atoms with van der Waals surface area (Å²) in [6, 6.07) is 79.1. The molecule has 0 unspecified atom stereocenters. The average molecular weight is 816 g/mol. The number of hydrogen-bond acceptors (Lipinski definition) is 2. The van der Waals surface area contributed by atoms with Crippen LogP contribution in [0.1, 0.15) is 47.2 Å². The van der Waals surface area contributed by atoms with Crippen molar-refractivity contribution >= 4 is 49.8 Å². The van der Waals surface area contributed by atoms with E-state index >= 15 is 0 Å². The van der Waals surface area contributed by atoms with Gasteiger partial charge in [0.2, 0.25) is 0 Å². The Morgan fingerprint density at radius 3 is 1.53 bits per heavy atom. The van der Waals surface area contributed by atoms with Gasteiger partial charge < -0.3 is 9.32 Å². The minimum absolute atomic E-state index is 0.180. The van der Waals surface area contributed by atoms with Gasteiger partial charge in [0.05, 0.1) is 11.1 Å². The van der Waals surface area contributed by atoms with E-state index in [1.165, 1.54) is 77.5 Å². The third-order valence-corrected chi connectivity index (χ3v) is 14.9. The Labute approximate surface area is 372 Å². The van der Waals surface area contributed by atoms with E-state index in [-0.39, 0.29) is 5.41 Å². The van der Waals surface area contributed by atoms with Crippen LogP contribution in [0.15, 0.2) is 217 Å². The Bertz CT molecular complexity index is 3710. The van der Waals surface area contributed by atoms with Crippen LogP contribution in [-0.4, -0.2) is 0 Å². The first-order chi connectivity index (χ1) is 31.5. The maximum atomic E-state index is 6.80. The van der Waals surface area contributed by atoms with Crippen molar-refractivity contribution in [1.82, 2.24) is 0 Å². The van der Waals surface area contributed by atoms with Crippen molar-refractivity contribution in [1.29, 1.82) is 0 Å². The van der Waals surface area contributed by atoms with Crippen LogP contribution in [-0.2, 0) is 10.8 Å².